The average molecular weight is 204 g/mol. The Morgan fingerprint density at radius 3 is 2.79 bits per heavy atom. The molecule has 0 amide bonds. The third-order valence-electron chi connectivity index (χ3n) is 2.80. The fourth-order valence-corrected chi connectivity index (χ4v) is 2.94. The molecule has 1 aromatic carbocycles. The third-order valence-corrected chi connectivity index (χ3v) is 3.99. The summed E-state index contributed by atoms with van der Waals surface area (Å²) in [6.07, 6.45) is 2.16. The third kappa shape index (κ3) is 1.35. The number of rotatable bonds is 2. The van der Waals surface area contributed by atoms with E-state index in [4.69, 9.17) is 0 Å². The minimum atomic E-state index is -0.215. The summed E-state index contributed by atoms with van der Waals surface area (Å²) < 4.78 is 1.28. The van der Waals surface area contributed by atoms with Gasteiger partial charge in [0.2, 0.25) is 0 Å². The summed E-state index contributed by atoms with van der Waals surface area (Å²) in [5.41, 5.74) is 0. The van der Waals surface area contributed by atoms with Crippen LogP contribution in [0.2, 0.25) is 0 Å². The zero-order valence-electron chi connectivity index (χ0n) is 7.81. The minimum absolute atomic E-state index is 0.215. The summed E-state index contributed by atoms with van der Waals surface area (Å²) in [5.74, 6) is 0.531. The first-order chi connectivity index (χ1) is 6.84. The Kier molecular flexibility index (Phi) is 1.85. The lowest BCUT2D eigenvalue weighted by molar-refractivity contribution is 0.157. The van der Waals surface area contributed by atoms with E-state index in [9.17, 15) is 5.11 Å². The molecule has 1 saturated carbocycles. The number of aliphatic hydroxyl groups is 1. The molecule has 2 heteroatoms. The Hall–Kier alpha value is -0.860. The van der Waals surface area contributed by atoms with Gasteiger partial charge >= 0.3 is 0 Å². The summed E-state index contributed by atoms with van der Waals surface area (Å²) in [6, 6.07) is 10.4. The maximum absolute atomic E-state index is 9.97. The van der Waals surface area contributed by atoms with Crippen molar-refractivity contribution < 1.29 is 5.11 Å². The Labute approximate surface area is 87.0 Å². The Morgan fingerprint density at radius 2 is 2.07 bits per heavy atom. The van der Waals surface area contributed by atoms with E-state index in [1.165, 1.54) is 22.9 Å². The van der Waals surface area contributed by atoms with Gasteiger partial charge in [-0.05, 0) is 36.3 Å². The molecular formula is C12H12OS. The van der Waals surface area contributed by atoms with E-state index in [2.05, 4.69) is 18.2 Å². The van der Waals surface area contributed by atoms with Crippen molar-refractivity contribution in [2.24, 2.45) is 5.92 Å². The molecule has 1 atom stereocenters. The predicted octanol–water partition coefficient (Wildman–Crippen LogP) is 3.34. The predicted molar refractivity (Wildman–Crippen MR) is 59.5 cm³/mol. The van der Waals surface area contributed by atoms with E-state index in [1.54, 1.807) is 11.3 Å². The number of thiophene rings is 1. The van der Waals surface area contributed by atoms with Gasteiger partial charge in [0, 0.05) is 9.58 Å². The summed E-state index contributed by atoms with van der Waals surface area (Å²) in [7, 11) is 0. The Balaban J connectivity index is 2.04. The lowest BCUT2D eigenvalue weighted by Crippen LogP contribution is -1.95. The van der Waals surface area contributed by atoms with Crippen LogP contribution in [0.3, 0.4) is 0 Å². The van der Waals surface area contributed by atoms with E-state index < -0.39 is 0 Å². The maximum atomic E-state index is 9.97. The van der Waals surface area contributed by atoms with E-state index >= 15 is 0 Å². The van der Waals surface area contributed by atoms with Gasteiger partial charge in [-0.3, -0.25) is 0 Å². The number of aliphatic hydroxyl groups excluding tert-OH is 1. The van der Waals surface area contributed by atoms with Crippen LogP contribution in [0, 0.1) is 5.92 Å². The first-order valence-corrected chi connectivity index (χ1v) is 5.83. The molecule has 0 radical (unpaired) electrons. The molecule has 3 rings (SSSR count). The molecular weight excluding hydrogens is 192 g/mol. The lowest BCUT2D eigenvalue weighted by Gasteiger charge is -2.03. The van der Waals surface area contributed by atoms with E-state index in [-0.39, 0.29) is 6.10 Å². The molecule has 1 unspecified atom stereocenters. The highest BCUT2D eigenvalue weighted by atomic mass is 32.1. The largest absolute Gasteiger partial charge is 0.387 e. The molecule has 1 aliphatic carbocycles. The molecule has 14 heavy (non-hydrogen) atoms. The molecule has 0 saturated heterocycles. The van der Waals surface area contributed by atoms with Gasteiger partial charge in [-0.15, -0.1) is 11.3 Å². The number of hydrogen-bond donors (Lipinski definition) is 1. The Bertz CT molecular complexity index is 423. The topological polar surface area (TPSA) is 20.2 Å². The molecule has 0 spiro atoms. The molecule has 1 aromatic heterocycles. The van der Waals surface area contributed by atoms with Crippen molar-refractivity contribution in [2.75, 3.05) is 0 Å². The van der Waals surface area contributed by atoms with Crippen LogP contribution in [0.4, 0.5) is 0 Å². The van der Waals surface area contributed by atoms with Crippen molar-refractivity contribution in [3.05, 3.63) is 35.2 Å². The quantitative estimate of drug-likeness (QED) is 0.795. The zero-order valence-corrected chi connectivity index (χ0v) is 8.63. The molecule has 1 aliphatic rings. The zero-order chi connectivity index (χ0) is 9.54. The fourth-order valence-electron chi connectivity index (χ4n) is 1.79. The molecule has 1 N–H and O–H groups in total. The molecule has 1 nitrogen and oxygen atoms in total. The molecule has 1 heterocycles. The smallest absolute Gasteiger partial charge is 0.0910 e. The summed E-state index contributed by atoms with van der Waals surface area (Å²) >= 11 is 1.72. The molecule has 0 aliphatic heterocycles. The van der Waals surface area contributed by atoms with E-state index in [1.807, 2.05) is 12.1 Å². The van der Waals surface area contributed by atoms with Crippen molar-refractivity contribution in [1.29, 1.82) is 0 Å². The van der Waals surface area contributed by atoms with Crippen LogP contribution < -0.4 is 0 Å². The average Bonchev–Trinajstić information content (AvgIpc) is 2.95. The lowest BCUT2D eigenvalue weighted by atomic mass is 10.2. The van der Waals surface area contributed by atoms with Gasteiger partial charge in [0.05, 0.1) is 6.10 Å². The van der Waals surface area contributed by atoms with Crippen LogP contribution in [0.5, 0.6) is 0 Å². The monoisotopic (exact) mass is 204 g/mol. The van der Waals surface area contributed by atoms with Crippen molar-refractivity contribution in [3.63, 3.8) is 0 Å². The van der Waals surface area contributed by atoms with Gasteiger partial charge in [0.15, 0.2) is 0 Å². The van der Waals surface area contributed by atoms with Crippen LogP contribution in [-0.2, 0) is 0 Å². The van der Waals surface area contributed by atoms with Crippen LogP contribution in [-0.4, -0.2) is 5.11 Å². The van der Waals surface area contributed by atoms with Crippen LogP contribution in [0.1, 0.15) is 23.8 Å². The highest BCUT2D eigenvalue weighted by molar-refractivity contribution is 7.19. The summed E-state index contributed by atoms with van der Waals surface area (Å²) in [6.45, 7) is 0. The number of benzene rings is 1. The van der Waals surface area contributed by atoms with Gasteiger partial charge < -0.3 is 5.11 Å². The second-order valence-electron chi connectivity index (χ2n) is 3.97. The van der Waals surface area contributed by atoms with Crippen LogP contribution in [0.25, 0.3) is 10.1 Å². The van der Waals surface area contributed by atoms with Crippen molar-refractivity contribution >= 4 is 21.4 Å². The molecule has 0 bridgehead atoms. The maximum Gasteiger partial charge on any atom is 0.0910 e. The minimum Gasteiger partial charge on any atom is -0.387 e. The van der Waals surface area contributed by atoms with Gasteiger partial charge in [-0.2, -0.15) is 0 Å². The van der Waals surface area contributed by atoms with Gasteiger partial charge in [-0.1, -0.05) is 18.2 Å². The summed E-state index contributed by atoms with van der Waals surface area (Å²) in [4.78, 5) is 1.13. The van der Waals surface area contributed by atoms with Crippen molar-refractivity contribution in [3.8, 4) is 0 Å². The van der Waals surface area contributed by atoms with E-state index in [0.29, 0.717) is 5.92 Å². The number of hydrogen-bond acceptors (Lipinski definition) is 2. The SMILES string of the molecule is OC(c1cc2ccccc2s1)C1CC1. The Morgan fingerprint density at radius 1 is 1.29 bits per heavy atom. The van der Waals surface area contributed by atoms with Crippen LogP contribution in [0.15, 0.2) is 30.3 Å². The van der Waals surface area contributed by atoms with Crippen molar-refractivity contribution in [1.82, 2.24) is 0 Å². The second-order valence-corrected chi connectivity index (χ2v) is 5.08. The molecule has 1 fully saturated rings. The van der Waals surface area contributed by atoms with Crippen molar-refractivity contribution in [2.45, 2.75) is 18.9 Å². The standard InChI is InChI=1S/C12H12OS/c13-12(8-5-6-8)11-7-9-3-1-2-4-10(9)14-11/h1-4,7-8,12-13H,5-6H2. The van der Waals surface area contributed by atoms with Crippen LogP contribution >= 0.6 is 11.3 Å². The summed E-state index contributed by atoms with van der Waals surface area (Å²) in [5, 5.41) is 11.2. The molecule has 72 valence electrons. The second kappa shape index (κ2) is 3.07. The first kappa shape index (κ1) is 8.45. The molecule has 2 aromatic rings. The first-order valence-electron chi connectivity index (χ1n) is 5.01. The van der Waals surface area contributed by atoms with Gasteiger partial charge in [0.25, 0.3) is 0 Å². The van der Waals surface area contributed by atoms with E-state index in [0.717, 1.165) is 4.88 Å². The highest BCUT2D eigenvalue weighted by Gasteiger charge is 2.31. The number of fused-ring (bicyclic) bond motifs is 1. The fraction of sp³-hybridized carbons (Fsp3) is 0.333. The highest BCUT2D eigenvalue weighted by Crippen LogP contribution is 2.43. The van der Waals surface area contributed by atoms with Gasteiger partial charge in [-0.25, -0.2) is 0 Å². The van der Waals surface area contributed by atoms with Gasteiger partial charge in [0.1, 0.15) is 0 Å². The normalized spacial score (nSPS) is 18.6.